The van der Waals surface area contributed by atoms with Gasteiger partial charge in [-0.25, -0.2) is 9.97 Å². The maximum atomic E-state index is 12.9. The van der Waals surface area contributed by atoms with Crippen LogP contribution in [0.4, 0.5) is 5.13 Å². The molecule has 4 heterocycles. The molecular formula is C21H18N4O3S. The second kappa shape index (κ2) is 6.89. The molecule has 1 aromatic carbocycles. The summed E-state index contributed by atoms with van der Waals surface area (Å²) in [4.78, 5) is 21.9. The highest BCUT2D eigenvalue weighted by Crippen LogP contribution is 2.35. The third kappa shape index (κ3) is 3.21. The summed E-state index contributed by atoms with van der Waals surface area (Å²) >= 11 is 1.38. The number of aromatic nitrogens is 3. The van der Waals surface area contributed by atoms with Gasteiger partial charge in [-0.15, -0.1) is 11.3 Å². The number of pyridine rings is 1. The van der Waals surface area contributed by atoms with Crippen LogP contribution in [-0.4, -0.2) is 33.5 Å². The monoisotopic (exact) mass is 406 g/mol. The molecule has 1 aliphatic heterocycles. The molecule has 0 spiro atoms. The van der Waals surface area contributed by atoms with E-state index in [4.69, 9.17) is 9.47 Å². The smallest absolute Gasteiger partial charge is 0.276 e. The van der Waals surface area contributed by atoms with Gasteiger partial charge >= 0.3 is 0 Å². The van der Waals surface area contributed by atoms with Crippen molar-refractivity contribution in [3.8, 4) is 22.8 Å². The lowest BCUT2D eigenvalue weighted by atomic mass is 10.1. The highest BCUT2D eigenvalue weighted by molar-refractivity contribution is 7.14. The maximum Gasteiger partial charge on any atom is 0.276 e. The number of benzene rings is 1. The van der Waals surface area contributed by atoms with Gasteiger partial charge in [0.2, 0.25) is 0 Å². The predicted octanol–water partition coefficient (Wildman–Crippen LogP) is 4.10. The average molecular weight is 406 g/mol. The van der Waals surface area contributed by atoms with Crippen LogP contribution in [0.1, 0.15) is 21.7 Å². The van der Waals surface area contributed by atoms with Crippen molar-refractivity contribution in [2.45, 2.75) is 13.8 Å². The summed E-state index contributed by atoms with van der Waals surface area (Å²) in [5.74, 6) is 1.22. The number of imidazole rings is 1. The molecule has 4 aromatic rings. The van der Waals surface area contributed by atoms with E-state index in [2.05, 4.69) is 15.3 Å². The third-order valence-electron chi connectivity index (χ3n) is 4.73. The fraction of sp³-hybridized carbons (Fsp3) is 0.190. The second-order valence-electron chi connectivity index (χ2n) is 6.83. The molecule has 1 amide bonds. The summed E-state index contributed by atoms with van der Waals surface area (Å²) < 4.78 is 13.0. The zero-order valence-corrected chi connectivity index (χ0v) is 16.7. The number of carbonyl (C=O) groups is 1. The van der Waals surface area contributed by atoms with Crippen LogP contribution >= 0.6 is 11.3 Å². The summed E-state index contributed by atoms with van der Waals surface area (Å²) in [7, 11) is 0. The summed E-state index contributed by atoms with van der Waals surface area (Å²) in [5, 5.41) is 5.33. The molecule has 1 aliphatic rings. The highest BCUT2D eigenvalue weighted by Gasteiger charge is 2.19. The number of ether oxygens (including phenoxy) is 2. The molecule has 0 radical (unpaired) electrons. The van der Waals surface area contributed by atoms with Gasteiger partial charge in [0.1, 0.15) is 24.6 Å². The van der Waals surface area contributed by atoms with Gasteiger partial charge in [-0.05, 0) is 49.7 Å². The Bertz CT molecular complexity index is 1240. The maximum absolute atomic E-state index is 12.9. The number of carbonyl (C=O) groups excluding carboxylic acids is 1. The number of nitrogens with zero attached hydrogens (tertiary/aromatic N) is 3. The fourth-order valence-corrected chi connectivity index (χ4v) is 4.08. The Balaban J connectivity index is 1.41. The molecule has 146 valence electrons. The Morgan fingerprint density at radius 1 is 1.10 bits per heavy atom. The summed E-state index contributed by atoms with van der Waals surface area (Å²) in [6, 6.07) is 9.63. The van der Waals surface area contributed by atoms with Crippen molar-refractivity contribution in [1.29, 1.82) is 0 Å². The van der Waals surface area contributed by atoms with Gasteiger partial charge in [-0.3, -0.25) is 14.5 Å². The van der Waals surface area contributed by atoms with E-state index in [0.717, 1.165) is 28.2 Å². The molecular weight excluding hydrogens is 388 g/mol. The minimum Gasteiger partial charge on any atom is -0.486 e. The van der Waals surface area contributed by atoms with Gasteiger partial charge in [0.15, 0.2) is 16.6 Å². The minimum atomic E-state index is -0.234. The van der Waals surface area contributed by atoms with E-state index in [1.807, 2.05) is 55.8 Å². The Morgan fingerprint density at radius 2 is 1.93 bits per heavy atom. The van der Waals surface area contributed by atoms with Crippen LogP contribution in [-0.2, 0) is 0 Å². The fourth-order valence-electron chi connectivity index (χ4n) is 3.36. The molecule has 0 aliphatic carbocycles. The van der Waals surface area contributed by atoms with E-state index in [0.29, 0.717) is 35.5 Å². The molecule has 0 saturated carbocycles. The van der Waals surface area contributed by atoms with E-state index in [9.17, 15) is 4.79 Å². The first-order valence-corrected chi connectivity index (χ1v) is 10.1. The van der Waals surface area contributed by atoms with Crippen LogP contribution in [0, 0.1) is 13.8 Å². The molecule has 1 N–H and O–H groups in total. The molecule has 0 bridgehead atoms. The van der Waals surface area contributed by atoms with E-state index in [1.165, 1.54) is 11.3 Å². The van der Waals surface area contributed by atoms with Crippen molar-refractivity contribution in [2.24, 2.45) is 0 Å². The van der Waals surface area contributed by atoms with Gasteiger partial charge in [0, 0.05) is 17.1 Å². The number of nitrogens with one attached hydrogen (secondary N) is 1. The number of thiazole rings is 1. The predicted molar refractivity (Wildman–Crippen MR) is 111 cm³/mol. The lowest BCUT2D eigenvalue weighted by Crippen LogP contribution is -2.15. The van der Waals surface area contributed by atoms with E-state index in [-0.39, 0.29) is 5.91 Å². The van der Waals surface area contributed by atoms with Crippen molar-refractivity contribution in [2.75, 3.05) is 18.5 Å². The Labute approximate surface area is 171 Å². The van der Waals surface area contributed by atoms with Crippen molar-refractivity contribution in [3.05, 3.63) is 58.9 Å². The Hall–Kier alpha value is -3.39. The van der Waals surface area contributed by atoms with Crippen molar-refractivity contribution >= 4 is 28.0 Å². The number of anilines is 1. The molecule has 0 saturated heterocycles. The van der Waals surface area contributed by atoms with Gasteiger partial charge in [0.05, 0.1) is 11.4 Å². The number of hydrogen-bond acceptors (Lipinski definition) is 6. The third-order valence-corrected chi connectivity index (χ3v) is 5.49. The van der Waals surface area contributed by atoms with Crippen LogP contribution in [0.15, 0.2) is 41.9 Å². The number of aryl methyl sites for hydroxylation is 2. The average Bonchev–Trinajstić information content (AvgIpc) is 3.30. The first kappa shape index (κ1) is 17.7. The van der Waals surface area contributed by atoms with Crippen molar-refractivity contribution in [3.63, 3.8) is 0 Å². The summed E-state index contributed by atoms with van der Waals surface area (Å²) in [5.41, 5.74) is 4.72. The Kier molecular flexibility index (Phi) is 4.21. The molecule has 0 unspecified atom stereocenters. The molecule has 5 rings (SSSR count). The molecule has 0 atom stereocenters. The first-order chi connectivity index (χ1) is 14.1. The summed E-state index contributed by atoms with van der Waals surface area (Å²) in [6.07, 6.45) is 1.86. The van der Waals surface area contributed by atoms with Crippen molar-refractivity contribution < 1.29 is 14.3 Å². The van der Waals surface area contributed by atoms with Gasteiger partial charge < -0.3 is 9.47 Å². The molecule has 7 nitrogen and oxygen atoms in total. The van der Waals surface area contributed by atoms with E-state index in [1.54, 1.807) is 4.40 Å². The number of amides is 1. The van der Waals surface area contributed by atoms with Crippen molar-refractivity contribution in [1.82, 2.24) is 14.4 Å². The standard InChI is InChI=1S/C21H18N4O3S/c1-12-5-6-25-18(9-12)22-13(2)19(25)20(26)24-21-23-15(11-29-21)14-3-4-16-17(10-14)28-8-7-27-16/h3-6,9-11H,7-8H2,1-2H3,(H,23,24,26). The topological polar surface area (TPSA) is 77.8 Å². The molecule has 29 heavy (non-hydrogen) atoms. The quantitative estimate of drug-likeness (QED) is 0.554. The van der Waals surface area contributed by atoms with Crippen LogP contribution in [0.5, 0.6) is 11.5 Å². The van der Waals surface area contributed by atoms with Gasteiger partial charge in [-0.2, -0.15) is 0 Å². The molecule has 0 fully saturated rings. The number of rotatable bonds is 3. The number of hydrogen-bond donors (Lipinski definition) is 1. The minimum absolute atomic E-state index is 0.234. The lowest BCUT2D eigenvalue weighted by Gasteiger charge is -2.18. The van der Waals surface area contributed by atoms with Crippen LogP contribution in [0.2, 0.25) is 0 Å². The SMILES string of the molecule is Cc1ccn2c(C(=O)Nc3nc(-c4ccc5c(c4)OCCO5)cs3)c(C)nc2c1. The Morgan fingerprint density at radius 3 is 2.79 bits per heavy atom. The highest BCUT2D eigenvalue weighted by atomic mass is 32.1. The van der Waals surface area contributed by atoms with Crippen LogP contribution < -0.4 is 14.8 Å². The number of fused-ring (bicyclic) bond motifs is 2. The van der Waals surface area contributed by atoms with Gasteiger partial charge in [0.25, 0.3) is 5.91 Å². The van der Waals surface area contributed by atoms with Crippen LogP contribution in [0.25, 0.3) is 16.9 Å². The zero-order chi connectivity index (χ0) is 20.0. The first-order valence-electron chi connectivity index (χ1n) is 9.21. The van der Waals surface area contributed by atoms with E-state index < -0.39 is 0 Å². The van der Waals surface area contributed by atoms with Crippen LogP contribution in [0.3, 0.4) is 0 Å². The largest absolute Gasteiger partial charge is 0.486 e. The molecule has 3 aromatic heterocycles. The van der Waals surface area contributed by atoms with Gasteiger partial charge in [-0.1, -0.05) is 0 Å². The molecule has 8 heteroatoms. The zero-order valence-electron chi connectivity index (χ0n) is 15.9. The van der Waals surface area contributed by atoms with E-state index >= 15 is 0 Å². The lowest BCUT2D eigenvalue weighted by molar-refractivity contribution is 0.102. The second-order valence-corrected chi connectivity index (χ2v) is 7.69. The summed E-state index contributed by atoms with van der Waals surface area (Å²) in [6.45, 7) is 4.92. The normalized spacial score (nSPS) is 12.9.